The van der Waals surface area contributed by atoms with E-state index in [4.69, 9.17) is 10.5 Å². The lowest BCUT2D eigenvalue weighted by Crippen LogP contribution is -2.66. The van der Waals surface area contributed by atoms with E-state index in [9.17, 15) is 5.11 Å². The van der Waals surface area contributed by atoms with Crippen molar-refractivity contribution in [2.24, 2.45) is 22.1 Å². The van der Waals surface area contributed by atoms with E-state index in [1.807, 2.05) is 20.8 Å². The van der Waals surface area contributed by atoms with Crippen LogP contribution in [0.4, 0.5) is 0 Å². The molecule has 0 amide bonds. The predicted molar refractivity (Wildman–Crippen MR) is 85.2 cm³/mol. The van der Waals surface area contributed by atoms with Crippen LogP contribution in [0.3, 0.4) is 0 Å². The van der Waals surface area contributed by atoms with Crippen LogP contribution in [0.25, 0.3) is 0 Å². The van der Waals surface area contributed by atoms with Gasteiger partial charge in [0.2, 0.25) is 0 Å². The van der Waals surface area contributed by atoms with Gasteiger partial charge in [0.1, 0.15) is 0 Å². The first kappa shape index (κ1) is 16.6. The van der Waals surface area contributed by atoms with Crippen molar-refractivity contribution < 1.29 is 9.84 Å². The van der Waals surface area contributed by atoms with Crippen LogP contribution in [0.15, 0.2) is 4.99 Å². The van der Waals surface area contributed by atoms with Crippen molar-refractivity contribution in [1.29, 1.82) is 0 Å². The molecule has 5 nitrogen and oxygen atoms in total. The van der Waals surface area contributed by atoms with Gasteiger partial charge in [-0.2, -0.15) is 0 Å². The highest BCUT2D eigenvalue weighted by Crippen LogP contribution is 2.51. The van der Waals surface area contributed by atoms with Gasteiger partial charge in [0, 0.05) is 31.5 Å². The fourth-order valence-corrected chi connectivity index (χ4v) is 3.28. The molecule has 1 aliphatic heterocycles. The maximum Gasteiger partial charge on any atom is 0.191 e. The van der Waals surface area contributed by atoms with Crippen molar-refractivity contribution in [2.75, 3.05) is 26.2 Å². The smallest absolute Gasteiger partial charge is 0.191 e. The quantitative estimate of drug-likeness (QED) is 0.611. The van der Waals surface area contributed by atoms with E-state index in [0.29, 0.717) is 25.5 Å². The summed E-state index contributed by atoms with van der Waals surface area (Å²) in [5.74, 6) is 1.35. The molecule has 2 fully saturated rings. The Hall–Kier alpha value is -0.810. The number of hydrogen-bond donors (Lipinski definition) is 2. The minimum Gasteiger partial charge on any atom is -0.387 e. The summed E-state index contributed by atoms with van der Waals surface area (Å²) in [4.78, 5) is 6.61. The number of ether oxygens (including phenoxy) is 1. The number of hydrogen-bond acceptors (Lipinski definition) is 3. The third-order valence-corrected chi connectivity index (χ3v) is 5.51. The second-order valence-corrected chi connectivity index (χ2v) is 7.25. The molecule has 2 rings (SSSR count). The summed E-state index contributed by atoms with van der Waals surface area (Å²) < 4.78 is 5.67. The molecule has 1 aliphatic carbocycles. The Morgan fingerprint density at radius 2 is 2.00 bits per heavy atom. The van der Waals surface area contributed by atoms with Crippen LogP contribution in [0.5, 0.6) is 0 Å². The number of nitrogens with two attached hydrogens (primary N) is 1. The number of guanidine groups is 1. The van der Waals surface area contributed by atoms with E-state index < -0.39 is 5.60 Å². The molecule has 122 valence electrons. The van der Waals surface area contributed by atoms with Gasteiger partial charge in [-0.05, 0) is 25.7 Å². The van der Waals surface area contributed by atoms with Crippen molar-refractivity contribution in [3.8, 4) is 0 Å². The summed E-state index contributed by atoms with van der Waals surface area (Å²) in [6, 6.07) is 0. The molecule has 0 aromatic heterocycles. The van der Waals surface area contributed by atoms with Crippen LogP contribution in [-0.2, 0) is 4.74 Å². The van der Waals surface area contributed by atoms with Gasteiger partial charge < -0.3 is 20.5 Å². The number of nitrogens with zero attached hydrogens (tertiary/aromatic N) is 2. The average molecular weight is 297 g/mol. The van der Waals surface area contributed by atoms with Crippen molar-refractivity contribution in [1.82, 2.24) is 4.90 Å². The molecule has 0 aromatic carbocycles. The molecular formula is C16H31N3O2. The Labute approximate surface area is 128 Å². The van der Waals surface area contributed by atoms with Crippen molar-refractivity contribution >= 4 is 5.96 Å². The first-order valence-corrected chi connectivity index (χ1v) is 8.19. The minimum atomic E-state index is -0.805. The number of piperidine rings is 1. The Kier molecular flexibility index (Phi) is 4.83. The SMILES string of the molecule is CCOC1CC(O)(CN=C(N)N2CCC(C)CC2)C1(C)C. The summed E-state index contributed by atoms with van der Waals surface area (Å²) in [5.41, 5.74) is 5.02. The maximum absolute atomic E-state index is 10.8. The normalized spacial score (nSPS) is 33.9. The summed E-state index contributed by atoms with van der Waals surface area (Å²) in [5, 5.41) is 10.8. The van der Waals surface area contributed by atoms with Crippen LogP contribution in [0.2, 0.25) is 0 Å². The molecule has 0 spiro atoms. The van der Waals surface area contributed by atoms with Gasteiger partial charge in [-0.25, -0.2) is 0 Å². The van der Waals surface area contributed by atoms with E-state index in [1.54, 1.807) is 0 Å². The highest BCUT2D eigenvalue weighted by molar-refractivity contribution is 5.78. The van der Waals surface area contributed by atoms with Gasteiger partial charge in [0.05, 0.1) is 18.2 Å². The second-order valence-electron chi connectivity index (χ2n) is 7.25. The van der Waals surface area contributed by atoms with Crippen LogP contribution in [0.1, 0.15) is 47.0 Å². The molecule has 1 saturated heterocycles. The molecule has 1 heterocycles. The van der Waals surface area contributed by atoms with E-state index in [1.165, 1.54) is 12.8 Å². The second kappa shape index (κ2) is 6.13. The van der Waals surface area contributed by atoms with Crippen LogP contribution in [-0.4, -0.2) is 53.9 Å². The zero-order valence-electron chi connectivity index (χ0n) is 13.9. The number of aliphatic imine (C=N–C) groups is 1. The first-order valence-electron chi connectivity index (χ1n) is 8.19. The molecule has 2 aliphatic rings. The third kappa shape index (κ3) is 3.19. The van der Waals surface area contributed by atoms with Gasteiger partial charge >= 0.3 is 0 Å². The van der Waals surface area contributed by atoms with E-state index >= 15 is 0 Å². The summed E-state index contributed by atoms with van der Waals surface area (Å²) in [6.07, 6.45) is 3.08. The molecule has 3 N–H and O–H groups in total. The molecule has 21 heavy (non-hydrogen) atoms. The van der Waals surface area contributed by atoms with Crippen LogP contribution >= 0.6 is 0 Å². The fourth-order valence-electron chi connectivity index (χ4n) is 3.28. The summed E-state index contributed by atoms with van der Waals surface area (Å²) >= 11 is 0. The lowest BCUT2D eigenvalue weighted by Gasteiger charge is -2.57. The lowest BCUT2D eigenvalue weighted by molar-refractivity contribution is -0.235. The number of likely N-dealkylation sites (tertiary alicyclic amines) is 1. The third-order valence-electron chi connectivity index (χ3n) is 5.51. The molecule has 0 aromatic rings. The fraction of sp³-hybridized carbons (Fsp3) is 0.938. The minimum absolute atomic E-state index is 0.111. The molecule has 2 atom stereocenters. The van der Waals surface area contributed by atoms with Gasteiger partial charge in [0.25, 0.3) is 0 Å². The van der Waals surface area contributed by atoms with E-state index in [2.05, 4.69) is 16.8 Å². The number of aliphatic hydroxyl groups is 1. The highest BCUT2D eigenvalue weighted by atomic mass is 16.5. The van der Waals surface area contributed by atoms with Crippen molar-refractivity contribution in [3.05, 3.63) is 0 Å². The van der Waals surface area contributed by atoms with E-state index in [-0.39, 0.29) is 11.5 Å². The monoisotopic (exact) mass is 297 g/mol. The Morgan fingerprint density at radius 3 is 2.52 bits per heavy atom. The lowest BCUT2D eigenvalue weighted by atomic mass is 9.56. The molecule has 0 radical (unpaired) electrons. The Bertz CT molecular complexity index is 389. The summed E-state index contributed by atoms with van der Waals surface area (Å²) in [7, 11) is 0. The van der Waals surface area contributed by atoms with Gasteiger partial charge in [-0.3, -0.25) is 4.99 Å². The Balaban J connectivity index is 1.91. The molecule has 0 bridgehead atoms. The number of rotatable bonds is 4. The first-order chi connectivity index (χ1) is 9.80. The van der Waals surface area contributed by atoms with Crippen LogP contribution in [0, 0.1) is 11.3 Å². The molecule has 1 saturated carbocycles. The summed E-state index contributed by atoms with van der Waals surface area (Å²) in [6.45, 7) is 11.3. The van der Waals surface area contributed by atoms with Gasteiger partial charge in [0.15, 0.2) is 5.96 Å². The van der Waals surface area contributed by atoms with Gasteiger partial charge in [-0.15, -0.1) is 0 Å². The van der Waals surface area contributed by atoms with Crippen molar-refractivity contribution in [3.63, 3.8) is 0 Å². The maximum atomic E-state index is 10.8. The zero-order valence-corrected chi connectivity index (χ0v) is 13.9. The standard InChI is InChI=1S/C16H31N3O2/c1-5-21-13-10-16(20,15(13,3)4)11-18-14(17)19-8-6-12(2)7-9-19/h12-13,20H,5-11H2,1-4H3,(H2,17,18). The van der Waals surface area contributed by atoms with Crippen molar-refractivity contribution in [2.45, 2.75) is 58.7 Å². The zero-order chi connectivity index (χ0) is 15.7. The molecule has 5 heteroatoms. The Morgan fingerprint density at radius 1 is 1.38 bits per heavy atom. The van der Waals surface area contributed by atoms with E-state index in [0.717, 1.165) is 19.0 Å². The molecule has 2 unspecified atom stereocenters. The average Bonchev–Trinajstić information content (AvgIpc) is 2.45. The van der Waals surface area contributed by atoms with Gasteiger partial charge in [-0.1, -0.05) is 20.8 Å². The predicted octanol–water partition coefficient (Wildman–Crippen LogP) is 1.60. The topological polar surface area (TPSA) is 71.1 Å². The van der Waals surface area contributed by atoms with Crippen LogP contribution < -0.4 is 5.73 Å². The highest BCUT2D eigenvalue weighted by Gasteiger charge is 2.59. The largest absolute Gasteiger partial charge is 0.387 e. The molecular weight excluding hydrogens is 266 g/mol.